The lowest BCUT2D eigenvalue weighted by Gasteiger charge is -2.32. The molecule has 2 atom stereocenters. The largest absolute Gasteiger partial charge is 0.497 e. The Morgan fingerprint density at radius 2 is 1.83 bits per heavy atom. The number of carbonyl (C=O) groups excluding carboxylic acids is 1. The number of benzene rings is 2. The number of amides is 1. The third kappa shape index (κ3) is 5.18. The molecule has 1 amide bonds. The van der Waals surface area contributed by atoms with Gasteiger partial charge in [0.05, 0.1) is 24.0 Å². The minimum atomic E-state index is -3.61. The van der Waals surface area contributed by atoms with Gasteiger partial charge in [0.25, 0.3) is 0 Å². The molecule has 8 heteroatoms. The van der Waals surface area contributed by atoms with Crippen LogP contribution in [-0.4, -0.2) is 38.8 Å². The van der Waals surface area contributed by atoms with Crippen molar-refractivity contribution in [2.45, 2.75) is 30.7 Å². The lowest BCUT2D eigenvalue weighted by atomic mass is 9.98. The number of methoxy groups -OCH3 is 1. The van der Waals surface area contributed by atoms with Gasteiger partial charge in [-0.3, -0.25) is 4.79 Å². The molecule has 0 aromatic heterocycles. The maximum absolute atomic E-state index is 12.9. The van der Waals surface area contributed by atoms with Crippen LogP contribution in [0.1, 0.15) is 31.4 Å². The number of nitrogens with zero attached hydrogens (tertiary/aromatic N) is 1. The van der Waals surface area contributed by atoms with Gasteiger partial charge in [0.1, 0.15) is 5.75 Å². The molecule has 3 rings (SSSR count). The zero-order valence-electron chi connectivity index (χ0n) is 16.5. The van der Waals surface area contributed by atoms with Crippen molar-refractivity contribution in [2.24, 2.45) is 5.92 Å². The minimum Gasteiger partial charge on any atom is -0.497 e. The Morgan fingerprint density at radius 1 is 1.17 bits per heavy atom. The second-order valence-electron chi connectivity index (χ2n) is 7.16. The van der Waals surface area contributed by atoms with E-state index in [2.05, 4.69) is 21.2 Å². The highest BCUT2D eigenvalue weighted by molar-refractivity contribution is 9.10. The van der Waals surface area contributed by atoms with Gasteiger partial charge in [-0.1, -0.05) is 28.1 Å². The molecule has 0 spiro atoms. The number of piperidine rings is 1. The van der Waals surface area contributed by atoms with Crippen molar-refractivity contribution in [1.82, 2.24) is 9.62 Å². The van der Waals surface area contributed by atoms with Gasteiger partial charge in [0.15, 0.2) is 0 Å². The Kier molecular flexibility index (Phi) is 6.97. The number of hydrogen-bond acceptors (Lipinski definition) is 4. The Morgan fingerprint density at radius 3 is 2.45 bits per heavy atom. The van der Waals surface area contributed by atoms with Crippen LogP contribution in [0.3, 0.4) is 0 Å². The molecule has 6 nitrogen and oxygen atoms in total. The zero-order chi connectivity index (χ0) is 21.0. The molecule has 1 saturated heterocycles. The molecule has 156 valence electrons. The Labute approximate surface area is 180 Å². The fourth-order valence-corrected chi connectivity index (χ4v) is 5.23. The fourth-order valence-electron chi connectivity index (χ4n) is 3.44. The SMILES string of the molecule is COc1ccc(C(C)NC(=O)C2CCCN(S(=O)(=O)c3ccc(Br)cc3)C2)cc1. The Hall–Kier alpha value is -1.90. The second kappa shape index (κ2) is 9.28. The molecule has 0 saturated carbocycles. The lowest BCUT2D eigenvalue weighted by Crippen LogP contribution is -2.45. The maximum Gasteiger partial charge on any atom is 0.243 e. The Bertz CT molecular complexity index is 946. The summed E-state index contributed by atoms with van der Waals surface area (Å²) in [6, 6.07) is 13.9. The molecule has 29 heavy (non-hydrogen) atoms. The summed E-state index contributed by atoms with van der Waals surface area (Å²) in [5.74, 6) is 0.270. The maximum atomic E-state index is 12.9. The highest BCUT2D eigenvalue weighted by atomic mass is 79.9. The van der Waals surface area contributed by atoms with Crippen molar-refractivity contribution < 1.29 is 17.9 Å². The molecule has 0 radical (unpaired) electrons. The van der Waals surface area contributed by atoms with Crippen LogP contribution in [0.2, 0.25) is 0 Å². The van der Waals surface area contributed by atoms with E-state index < -0.39 is 10.0 Å². The number of ether oxygens (including phenoxy) is 1. The van der Waals surface area contributed by atoms with E-state index in [1.54, 1.807) is 31.4 Å². The van der Waals surface area contributed by atoms with Gasteiger partial charge in [-0.15, -0.1) is 0 Å². The number of rotatable bonds is 6. The van der Waals surface area contributed by atoms with Gasteiger partial charge >= 0.3 is 0 Å². The average molecular weight is 481 g/mol. The number of carbonyl (C=O) groups is 1. The second-order valence-corrected chi connectivity index (χ2v) is 10.0. The Balaban J connectivity index is 1.66. The van der Waals surface area contributed by atoms with Crippen LogP contribution in [0, 0.1) is 5.92 Å². The zero-order valence-corrected chi connectivity index (χ0v) is 18.9. The first kappa shape index (κ1) is 21.8. The van der Waals surface area contributed by atoms with Crippen molar-refractivity contribution in [3.8, 4) is 5.75 Å². The summed E-state index contributed by atoms with van der Waals surface area (Å²) in [5.41, 5.74) is 0.967. The van der Waals surface area contributed by atoms with Crippen molar-refractivity contribution >= 4 is 31.9 Å². The van der Waals surface area contributed by atoms with E-state index in [-0.39, 0.29) is 29.3 Å². The van der Waals surface area contributed by atoms with Gasteiger partial charge in [-0.05, 0) is 61.7 Å². The van der Waals surface area contributed by atoms with Crippen LogP contribution in [0.4, 0.5) is 0 Å². The van der Waals surface area contributed by atoms with E-state index in [0.717, 1.165) is 15.8 Å². The van der Waals surface area contributed by atoms with Crippen molar-refractivity contribution in [2.75, 3.05) is 20.2 Å². The predicted octanol–water partition coefficient (Wildman–Crippen LogP) is 3.74. The van der Waals surface area contributed by atoms with Gasteiger partial charge in [-0.25, -0.2) is 8.42 Å². The number of hydrogen-bond donors (Lipinski definition) is 1. The van der Waals surface area contributed by atoms with E-state index in [1.165, 1.54) is 4.31 Å². The first-order valence-corrected chi connectivity index (χ1v) is 11.7. The standard InChI is InChI=1S/C21H25BrN2O4S/c1-15(16-5-9-19(28-2)10-6-16)23-21(25)17-4-3-13-24(14-17)29(26,27)20-11-7-18(22)8-12-20/h5-12,15,17H,3-4,13-14H2,1-2H3,(H,23,25). The summed E-state index contributed by atoms with van der Waals surface area (Å²) in [4.78, 5) is 13.0. The summed E-state index contributed by atoms with van der Waals surface area (Å²) in [6.07, 6.45) is 1.33. The number of nitrogens with one attached hydrogen (secondary N) is 1. The van der Waals surface area contributed by atoms with Gasteiger partial charge < -0.3 is 10.1 Å². The van der Waals surface area contributed by atoms with E-state index in [1.807, 2.05) is 31.2 Å². The lowest BCUT2D eigenvalue weighted by molar-refractivity contribution is -0.126. The van der Waals surface area contributed by atoms with Crippen LogP contribution >= 0.6 is 15.9 Å². The molecule has 1 fully saturated rings. The highest BCUT2D eigenvalue weighted by Gasteiger charge is 2.33. The molecule has 1 aliphatic rings. The topological polar surface area (TPSA) is 75.7 Å². The van der Waals surface area contributed by atoms with Crippen molar-refractivity contribution in [3.63, 3.8) is 0 Å². The molecule has 0 aliphatic carbocycles. The summed E-state index contributed by atoms with van der Waals surface area (Å²) >= 11 is 3.32. The quantitative estimate of drug-likeness (QED) is 0.682. The molecule has 2 unspecified atom stereocenters. The van der Waals surface area contributed by atoms with E-state index in [0.29, 0.717) is 19.4 Å². The van der Waals surface area contributed by atoms with Crippen LogP contribution in [0.15, 0.2) is 57.9 Å². The predicted molar refractivity (Wildman–Crippen MR) is 115 cm³/mol. The average Bonchev–Trinajstić information content (AvgIpc) is 2.74. The van der Waals surface area contributed by atoms with Crippen LogP contribution < -0.4 is 10.1 Å². The number of halogens is 1. The smallest absolute Gasteiger partial charge is 0.243 e. The summed E-state index contributed by atoms with van der Waals surface area (Å²) in [6.45, 7) is 2.54. The van der Waals surface area contributed by atoms with E-state index in [4.69, 9.17) is 4.74 Å². The van der Waals surface area contributed by atoms with Crippen molar-refractivity contribution in [1.29, 1.82) is 0 Å². The molecule has 1 aliphatic heterocycles. The first-order valence-electron chi connectivity index (χ1n) is 9.51. The van der Waals surface area contributed by atoms with E-state index in [9.17, 15) is 13.2 Å². The molecule has 1 N–H and O–H groups in total. The highest BCUT2D eigenvalue weighted by Crippen LogP contribution is 2.26. The van der Waals surface area contributed by atoms with Gasteiger partial charge in [-0.2, -0.15) is 4.31 Å². The van der Waals surface area contributed by atoms with Gasteiger partial charge in [0.2, 0.25) is 15.9 Å². The van der Waals surface area contributed by atoms with Crippen LogP contribution in [0.25, 0.3) is 0 Å². The molecular formula is C21H25BrN2O4S. The summed E-state index contributed by atoms with van der Waals surface area (Å²) in [5, 5.41) is 3.02. The van der Waals surface area contributed by atoms with Gasteiger partial charge in [0, 0.05) is 17.6 Å². The molecule has 2 aromatic carbocycles. The molecular weight excluding hydrogens is 456 g/mol. The molecule has 2 aromatic rings. The summed E-state index contributed by atoms with van der Waals surface area (Å²) < 4.78 is 33.3. The van der Waals surface area contributed by atoms with Crippen LogP contribution in [0.5, 0.6) is 5.75 Å². The number of sulfonamides is 1. The molecule has 0 bridgehead atoms. The third-order valence-electron chi connectivity index (χ3n) is 5.18. The fraction of sp³-hybridized carbons (Fsp3) is 0.381. The first-order chi connectivity index (χ1) is 13.8. The molecule has 1 heterocycles. The van der Waals surface area contributed by atoms with E-state index >= 15 is 0 Å². The normalized spacial score (nSPS) is 18.8. The minimum absolute atomic E-state index is 0.121. The summed E-state index contributed by atoms with van der Waals surface area (Å²) in [7, 11) is -2.01. The monoisotopic (exact) mass is 480 g/mol. The third-order valence-corrected chi connectivity index (χ3v) is 7.59. The van der Waals surface area contributed by atoms with Crippen molar-refractivity contribution in [3.05, 3.63) is 58.6 Å². The van der Waals surface area contributed by atoms with Crippen LogP contribution in [-0.2, 0) is 14.8 Å².